The average molecular weight is 460 g/mol. The normalized spacial score (nSPS) is 16.7. The second kappa shape index (κ2) is 10.1. The zero-order valence-electron chi connectivity index (χ0n) is 17.3. The summed E-state index contributed by atoms with van der Waals surface area (Å²) in [5.74, 6) is -1.88. The SMILES string of the molecule is N#CC1(Cc2ccc(F)cc2)CCN(CC(=O)Oc2ccc(Cl)cc2C(O)C(N)=O)CC1. The molecule has 3 rings (SSSR count). The number of primary amides is 1. The minimum Gasteiger partial charge on any atom is -0.425 e. The van der Waals surface area contributed by atoms with Crippen molar-refractivity contribution in [3.05, 3.63) is 64.4 Å². The van der Waals surface area contributed by atoms with Crippen LogP contribution in [0.15, 0.2) is 42.5 Å². The molecule has 1 atom stereocenters. The fraction of sp³-hybridized carbons (Fsp3) is 0.348. The number of nitrogens with two attached hydrogens (primary N) is 1. The molecule has 3 N–H and O–H groups in total. The molecule has 0 aromatic heterocycles. The Morgan fingerprint density at radius 2 is 1.91 bits per heavy atom. The van der Waals surface area contributed by atoms with E-state index in [9.17, 15) is 24.3 Å². The first-order chi connectivity index (χ1) is 15.2. The van der Waals surface area contributed by atoms with Gasteiger partial charge in [-0.15, -0.1) is 0 Å². The smallest absolute Gasteiger partial charge is 0.325 e. The summed E-state index contributed by atoms with van der Waals surface area (Å²) in [6, 6.07) is 12.7. The van der Waals surface area contributed by atoms with Crippen molar-refractivity contribution in [3.8, 4) is 11.8 Å². The number of hydrogen-bond donors (Lipinski definition) is 2. The highest BCUT2D eigenvalue weighted by molar-refractivity contribution is 6.30. The van der Waals surface area contributed by atoms with Crippen LogP contribution in [0.2, 0.25) is 5.02 Å². The third kappa shape index (κ3) is 5.82. The van der Waals surface area contributed by atoms with E-state index in [-0.39, 0.29) is 28.7 Å². The van der Waals surface area contributed by atoms with Gasteiger partial charge in [-0.3, -0.25) is 14.5 Å². The van der Waals surface area contributed by atoms with E-state index < -0.39 is 23.4 Å². The van der Waals surface area contributed by atoms with Gasteiger partial charge in [0, 0.05) is 23.7 Å². The Balaban J connectivity index is 1.59. The molecule has 1 saturated heterocycles. The number of esters is 1. The minimum atomic E-state index is -1.66. The van der Waals surface area contributed by atoms with E-state index in [4.69, 9.17) is 22.1 Å². The Labute approximate surface area is 190 Å². The van der Waals surface area contributed by atoms with Crippen LogP contribution in [-0.2, 0) is 16.0 Å². The van der Waals surface area contributed by atoms with Gasteiger partial charge in [0.25, 0.3) is 5.91 Å². The summed E-state index contributed by atoms with van der Waals surface area (Å²) in [6.45, 7) is 1.01. The summed E-state index contributed by atoms with van der Waals surface area (Å²) in [4.78, 5) is 25.7. The van der Waals surface area contributed by atoms with Gasteiger partial charge in [0.1, 0.15) is 11.6 Å². The van der Waals surface area contributed by atoms with Gasteiger partial charge in [0.2, 0.25) is 0 Å². The van der Waals surface area contributed by atoms with Crippen molar-refractivity contribution in [2.24, 2.45) is 11.1 Å². The Hall–Kier alpha value is -2.99. The maximum absolute atomic E-state index is 13.1. The lowest BCUT2D eigenvalue weighted by molar-refractivity contribution is -0.136. The number of nitriles is 1. The van der Waals surface area contributed by atoms with Gasteiger partial charge in [-0.2, -0.15) is 5.26 Å². The predicted octanol–water partition coefficient (Wildman–Crippen LogP) is 2.75. The molecule has 0 bridgehead atoms. The van der Waals surface area contributed by atoms with E-state index in [2.05, 4.69) is 6.07 Å². The van der Waals surface area contributed by atoms with Gasteiger partial charge in [-0.05, 0) is 55.2 Å². The highest BCUT2D eigenvalue weighted by Crippen LogP contribution is 2.35. The molecule has 0 radical (unpaired) electrons. The van der Waals surface area contributed by atoms with Gasteiger partial charge in [-0.25, -0.2) is 4.39 Å². The first-order valence-corrected chi connectivity index (χ1v) is 10.4. The number of hydrogen-bond acceptors (Lipinski definition) is 6. The van der Waals surface area contributed by atoms with E-state index in [0.717, 1.165) is 5.56 Å². The molecule has 1 amide bonds. The summed E-state index contributed by atoms with van der Waals surface area (Å²) in [7, 11) is 0. The van der Waals surface area contributed by atoms with Gasteiger partial charge >= 0.3 is 5.97 Å². The molecule has 0 spiro atoms. The number of piperidine rings is 1. The highest BCUT2D eigenvalue weighted by atomic mass is 35.5. The number of ether oxygens (including phenoxy) is 1. The maximum atomic E-state index is 13.1. The van der Waals surface area contributed by atoms with Gasteiger partial charge in [-0.1, -0.05) is 23.7 Å². The number of aliphatic hydroxyl groups excluding tert-OH is 1. The van der Waals surface area contributed by atoms with Crippen molar-refractivity contribution in [2.45, 2.75) is 25.4 Å². The molecule has 1 fully saturated rings. The van der Waals surface area contributed by atoms with Crippen LogP contribution in [0.1, 0.15) is 30.1 Å². The number of likely N-dealkylation sites (tertiary alicyclic amines) is 1. The highest BCUT2D eigenvalue weighted by Gasteiger charge is 2.35. The molecule has 0 saturated carbocycles. The Bertz CT molecular complexity index is 1030. The second-order valence-corrected chi connectivity index (χ2v) is 8.37. The van der Waals surface area contributed by atoms with Crippen molar-refractivity contribution < 1.29 is 23.8 Å². The van der Waals surface area contributed by atoms with Crippen LogP contribution in [-0.4, -0.2) is 41.5 Å². The molecule has 168 valence electrons. The molecule has 1 aliphatic rings. The van der Waals surface area contributed by atoms with E-state index in [1.54, 1.807) is 12.1 Å². The lowest BCUT2D eigenvalue weighted by Gasteiger charge is -2.37. The standard InChI is InChI=1S/C23H23ClFN3O4/c24-16-3-6-19(18(11-16)21(30)22(27)31)32-20(29)13-28-9-7-23(14-26,8-10-28)12-15-1-4-17(25)5-2-15/h1-6,11,21,30H,7-10,12-13H2,(H2,27,31). The van der Waals surface area contributed by atoms with Crippen LogP contribution >= 0.6 is 11.6 Å². The Kier molecular flexibility index (Phi) is 7.46. The van der Waals surface area contributed by atoms with Crippen molar-refractivity contribution in [2.75, 3.05) is 19.6 Å². The maximum Gasteiger partial charge on any atom is 0.325 e. The molecule has 32 heavy (non-hydrogen) atoms. The molecule has 2 aromatic carbocycles. The van der Waals surface area contributed by atoms with Crippen LogP contribution in [0, 0.1) is 22.6 Å². The summed E-state index contributed by atoms with van der Waals surface area (Å²) in [5, 5.41) is 20.0. The van der Waals surface area contributed by atoms with Crippen molar-refractivity contribution in [1.82, 2.24) is 4.90 Å². The number of halogens is 2. The van der Waals surface area contributed by atoms with Crippen LogP contribution in [0.5, 0.6) is 5.75 Å². The van der Waals surface area contributed by atoms with Gasteiger partial charge in [0.05, 0.1) is 18.0 Å². The molecule has 7 nitrogen and oxygen atoms in total. The summed E-state index contributed by atoms with van der Waals surface area (Å²) in [6.07, 6.45) is -0.0305. The summed E-state index contributed by atoms with van der Waals surface area (Å²) in [5.41, 5.74) is 5.47. The zero-order valence-corrected chi connectivity index (χ0v) is 18.0. The molecule has 1 unspecified atom stereocenters. The van der Waals surface area contributed by atoms with Crippen molar-refractivity contribution in [3.63, 3.8) is 0 Å². The quantitative estimate of drug-likeness (QED) is 0.485. The number of benzene rings is 2. The molecule has 1 aliphatic heterocycles. The van der Waals surface area contributed by atoms with E-state index in [0.29, 0.717) is 32.4 Å². The average Bonchev–Trinajstić information content (AvgIpc) is 2.77. The largest absolute Gasteiger partial charge is 0.425 e. The second-order valence-electron chi connectivity index (χ2n) is 7.93. The molecule has 2 aromatic rings. The molecule has 0 aliphatic carbocycles. The summed E-state index contributed by atoms with van der Waals surface area (Å²) < 4.78 is 18.5. The first-order valence-electron chi connectivity index (χ1n) is 10.1. The van der Waals surface area contributed by atoms with Crippen LogP contribution in [0.3, 0.4) is 0 Å². The monoisotopic (exact) mass is 459 g/mol. The summed E-state index contributed by atoms with van der Waals surface area (Å²) >= 11 is 5.91. The molecule has 1 heterocycles. The first kappa shape index (κ1) is 23.7. The fourth-order valence-corrected chi connectivity index (χ4v) is 3.96. The number of nitrogens with zero attached hydrogens (tertiary/aromatic N) is 2. The third-order valence-corrected chi connectivity index (χ3v) is 5.85. The fourth-order valence-electron chi connectivity index (χ4n) is 3.78. The number of aliphatic hydroxyl groups is 1. The van der Waals surface area contributed by atoms with E-state index >= 15 is 0 Å². The lowest BCUT2D eigenvalue weighted by atomic mass is 9.75. The molecule has 9 heteroatoms. The predicted molar refractivity (Wildman–Crippen MR) is 115 cm³/mol. The van der Waals surface area contributed by atoms with Crippen LogP contribution in [0.25, 0.3) is 0 Å². The topological polar surface area (TPSA) is 117 Å². The third-order valence-electron chi connectivity index (χ3n) is 5.62. The van der Waals surface area contributed by atoms with Crippen molar-refractivity contribution in [1.29, 1.82) is 5.26 Å². The number of carbonyl (C=O) groups excluding carboxylic acids is 2. The number of carbonyl (C=O) groups is 2. The van der Waals surface area contributed by atoms with Crippen molar-refractivity contribution >= 4 is 23.5 Å². The lowest BCUT2D eigenvalue weighted by Crippen LogP contribution is -2.43. The number of amides is 1. The minimum absolute atomic E-state index is 0.00499. The van der Waals surface area contributed by atoms with Crippen LogP contribution in [0.4, 0.5) is 4.39 Å². The number of rotatable bonds is 7. The zero-order chi connectivity index (χ0) is 23.3. The van der Waals surface area contributed by atoms with Crippen LogP contribution < -0.4 is 10.5 Å². The Morgan fingerprint density at radius 1 is 1.25 bits per heavy atom. The molecular weight excluding hydrogens is 437 g/mol. The Morgan fingerprint density at radius 3 is 2.50 bits per heavy atom. The van der Waals surface area contributed by atoms with E-state index in [1.165, 1.54) is 30.3 Å². The van der Waals surface area contributed by atoms with Gasteiger partial charge in [0.15, 0.2) is 6.10 Å². The molecular formula is C23H23ClFN3O4. The van der Waals surface area contributed by atoms with E-state index in [1.807, 2.05) is 4.90 Å². The van der Waals surface area contributed by atoms with Gasteiger partial charge < -0.3 is 15.6 Å².